The van der Waals surface area contributed by atoms with Crippen LogP contribution >= 0.6 is 23.2 Å². The SMILES string of the molecule is C#C.CC1=C(C(=O)N2CCCC2)C(c2cccc(Cl)c2)n2ncc(Cl)c2N1.COC. The minimum Gasteiger partial charge on any atom is -0.388 e. The van der Waals surface area contributed by atoms with Crippen LogP contribution in [-0.4, -0.2) is 47.9 Å². The van der Waals surface area contributed by atoms with Gasteiger partial charge in [0, 0.05) is 38.0 Å². The number of allylic oxidation sites excluding steroid dienone is 1. The lowest BCUT2D eigenvalue weighted by molar-refractivity contribution is -0.126. The molecule has 0 radical (unpaired) electrons. The first-order valence-corrected chi connectivity index (χ1v) is 10.2. The molecule has 30 heavy (non-hydrogen) atoms. The first-order chi connectivity index (χ1) is 14.5. The van der Waals surface area contributed by atoms with Crippen LogP contribution in [0.3, 0.4) is 0 Å². The minimum atomic E-state index is -0.351. The monoisotopic (exact) mass is 448 g/mol. The van der Waals surface area contributed by atoms with Gasteiger partial charge in [-0.05, 0) is 37.5 Å². The zero-order valence-electron chi connectivity index (χ0n) is 17.4. The summed E-state index contributed by atoms with van der Waals surface area (Å²) in [6.45, 7) is 3.50. The van der Waals surface area contributed by atoms with E-state index in [-0.39, 0.29) is 11.9 Å². The first-order valence-electron chi connectivity index (χ1n) is 9.47. The Morgan fingerprint density at radius 3 is 2.47 bits per heavy atom. The van der Waals surface area contributed by atoms with Crippen LogP contribution in [0.15, 0.2) is 41.7 Å². The van der Waals surface area contributed by atoms with Crippen molar-refractivity contribution in [2.75, 3.05) is 32.6 Å². The summed E-state index contributed by atoms with van der Waals surface area (Å²) < 4.78 is 6.02. The van der Waals surface area contributed by atoms with Crippen molar-refractivity contribution in [1.82, 2.24) is 14.7 Å². The molecule has 0 bridgehead atoms. The molecule has 1 atom stereocenters. The number of nitrogens with zero attached hydrogens (tertiary/aromatic N) is 3. The Morgan fingerprint density at radius 1 is 1.23 bits per heavy atom. The summed E-state index contributed by atoms with van der Waals surface area (Å²) in [4.78, 5) is 15.1. The number of anilines is 1. The third-order valence-corrected chi connectivity index (χ3v) is 5.28. The number of ether oxygens (including phenoxy) is 1. The van der Waals surface area contributed by atoms with E-state index in [0.29, 0.717) is 21.4 Å². The number of carbonyl (C=O) groups is 1. The van der Waals surface area contributed by atoms with E-state index in [1.807, 2.05) is 36.1 Å². The number of terminal acetylenes is 1. The maximum absolute atomic E-state index is 13.2. The number of fused-ring (bicyclic) bond motifs is 1. The van der Waals surface area contributed by atoms with Crippen molar-refractivity contribution in [2.24, 2.45) is 0 Å². The second-order valence-electron chi connectivity index (χ2n) is 6.81. The molecule has 1 fully saturated rings. The van der Waals surface area contributed by atoms with Gasteiger partial charge in [0.15, 0.2) is 0 Å². The van der Waals surface area contributed by atoms with Crippen LogP contribution < -0.4 is 5.32 Å². The van der Waals surface area contributed by atoms with E-state index in [4.69, 9.17) is 23.2 Å². The second-order valence-corrected chi connectivity index (χ2v) is 7.66. The molecule has 0 spiro atoms. The summed E-state index contributed by atoms with van der Waals surface area (Å²) in [6.07, 6.45) is 11.7. The van der Waals surface area contributed by atoms with E-state index >= 15 is 0 Å². The second kappa shape index (κ2) is 11.1. The number of methoxy groups -OCH3 is 1. The molecule has 1 saturated heterocycles. The van der Waals surface area contributed by atoms with Crippen molar-refractivity contribution in [3.63, 3.8) is 0 Å². The van der Waals surface area contributed by atoms with Gasteiger partial charge < -0.3 is 15.0 Å². The van der Waals surface area contributed by atoms with Gasteiger partial charge >= 0.3 is 0 Å². The van der Waals surface area contributed by atoms with Crippen LogP contribution in [0.1, 0.15) is 31.4 Å². The van der Waals surface area contributed by atoms with Gasteiger partial charge in [-0.2, -0.15) is 5.10 Å². The summed E-state index contributed by atoms with van der Waals surface area (Å²) in [7, 11) is 3.25. The number of hydrogen-bond acceptors (Lipinski definition) is 4. The highest BCUT2D eigenvalue weighted by molar-refractivity contribution is 6.33. The van der Waals surface area contributed by atoms with Crippen molar-refractivity contribution in [2.45, 2.75) is 25.8 Å². The van der Waals surface area contributed by atoms with E-state index in [0.717, 1.165) is 37.2 Å². The van der Waals surface area contributed by atoms with Crippen LogP contribution in [0, 0.1) is 12.8 Å². The van der Waals surface area contributed by atoms with Crippen molar-refractivity contribution in [1.29, 1.82) is 0 Å². The Balaban J connectivity index is 0.000000590. The molecule has 160 valence electrons. The largest absolute Gasteiger partial charge is 0.388 e. The fourth-order valence-electron chi connectivity index (χ4n) is 3.58. The van der Waals surface area contributed by atoms with E-state index in [9.17, 15) is 4.79 Å². The highest BCUT2D eigenvalue weighted by atomic mass is 35.5. The molecule has 1 unspecified atom stereocenters. The van der Waals surface area contributed by atoms with Gasteiger partial charge in [0.25, 0.3) is 5.91 Å². The highest BCUT2D eigenvalue weighted by Crippen LogP contribution is 2.40. The van der Waals surface area contributed by atoms with E-state index in [1.165, 1.54) is 0 Å². The quantitative estimate of drug-likeness (QED) is 0.681. The van der Waals surface area contributed by atoms with Crippen molar-refractivity contribution in [3.8, 4) is 12.8 Å². The maximum Gasteiger partial charge on any atom is 0.254 e. The number of nitrogens with one attached hydrogen (secondary N) is 1. The zero-order chi connectivity index (χ0) is 22.3. The zero-order valence-corrected chi connectivity index (χ0v) is 18.9. The molecule has 3 heterocycles. The van der Waals surface area contributed by atoms with E-state index in [1.54, 1.807) is 25.1 Å². The van der Waals surface area contributed by atoms with Gasteiger partial charge in [-0.3, -0.25) is 4.79 Å². The Bertz CT molecular complexity index is 930. The smallest absolute Gasteiger partial charge is 0.254 e. The lowest BCUT2D eigenvalue weighted by Gasteiger charge is -2.32. The standard InChI is InChI=1S/C18H18Cl2N4O.C2H6O.C2H2/c1-11-15(18(25)23-7-2-3-8-23)16(12-5-4-6-13(19)9-12)24-17(22-11)14(20)10-21-24;1-3-2;1-2/h4-6,9-10,16,22H,2-3,7-8H2,1H3;1-2H3;1-2H. The third-order valence-electron chi connectivity index (χ3n) is 4.77. The number of hydrogen-bond donors (Lipinski definition) is 1. The predicted octanol–water partition coefficient (Wildman–Crippen LogP) is 4.61. The van der Waals surface area contributed by atoms with Crippen LogP contribution in [0.5, 0.6) is 0 Å². The Hall–Kier alpha value is -2.46. The van der Waals surface area contributed by atoms with Crippen molar-refractivity contribution < 1.29 is 9.53 Å². The predicted molar refractivity (Wildman–Crippen MR) is 122 cm³/mol. The Morgan fingerprint density at radius 2 is 1.87 bits per heavy atom. The van der Waals surface area contributed by atoms with Crippen LogP contribution in [-0.2, 0) is 9.53 Å². The lowest BCUT2D eigenvalue weighted by Crippen LogP contribution is -2.36. The van der Waals surface area contributed by atoms with Crippen LogP contribution in [0.25, 0.3) is 0 Å². The summed E-state index contributed by atoms with van der Waals surface area (Å²) in [5.74, 6) is 0.742. The summed E-state index contributed by atoms with van der Waals surface area (Å²) >= 11 is 12.5. The average Bonchev–Trinajstić information content (AvgIpc) is 3.39. The van der Waals surface area contributed by atoms with Gasteiger partial charge in [0.05, 0.1) is 11.8 Å². The fraction of sp³-hybridized carbons (Fsp3) is 0.364. The molecule has 1 amide bonds. The van der Waals surface area contributed by atoms with Gasteiger partial charge in [0.2, 0.25) is 0 Å². The van der Waals surface area contributed by atoms with Gasteiger partial charge in [-0.25, -0.2) is 4.68 Å². The maximum atomic E-state index is 13.2. The van der Waals surface area contributed by atoms with Gasteiger partial charge in [-0.15, -0.1) is 12.8 Å². The molecular formula is C22H26Cl2N4O2. The fourth-order valence-corrected chi connectivity index (χ4v) is 3.95. The molecule has 1 N–H and O–H groups in total. The summed E-state index contributed by atoms with van der Waals surface area (Å²) in [6, 6.07) is 7.20. The molecule has 0 saturated carbocycles. The van der Waals surface area contributed by atoms with Gasteiger partial charge in [0.1, 0.15) is 16.9 Å². The average molecular weight is 449 g/mol. The summed E-state index contributed by atoms with van der Waals surface area (Å²) in [5, 5.41) is 8.81. The topological polar surface area (TPSA) is 59.4 Å². The van der Waals surface area contributed by atoms with Crippen LogP contribution in [0.2, 0.25) is 10.0 Å². The summed E-state index contributed by atoms with van der Waals surface area (Å²) in [5.41, 5.74) is 2.41. The molecule has 2 aliphatic heterocycles. The number of carbonyl (C=O) groups excluding carboxylic acids is 1. The number of halogens is 2. The van der Waals surface area contributed by atoms with Crippen molar-refractivity contribution >= 4 is 34.9 Å². The number of rotatable bonds is 2. The minimum absolute atomic E-state index is 0.0461. The molecule has 8 heteroatoms. The van der Waals surface area contributed by atoms with Crippen molar-refractivity contribution in [3.05, 3.63) is 57.3 Å². The normalized spacial score (nSPS) is 17.2. The molecule has 2 aliphatic rings. The molecule has 4 rings (SSSR count). The third kappa shape index (κ3) is 4.99. The van der Waals surface area contributed by atoms with Crippen LogP contribution in [0.4, 0.5) is 5.82 Å². The van der Waals surface area contributed by atoms with E-state index in [2.05, 4.69) is 28.0 Å². The number of likely N-dealkylation sites (tertiary alicyclic amines) is 1. The number of benzene rings is 1. The molecule has 0 aliphatic carbocycles. The number of aromatic nitrogens is 2. The molecular weight excluding hydrogens is 423 g/mol. The molecule has 1 aromatic heterocycles. The Kier molecular flexibility index (Phi) is 8.79. The lowest BCUT2D eigenvalue weighted by atomic mass is 9.94. The highest BCUT2D eigenvalue weighted by Gasteiger charge is 2.36. The Labute approximate surface area is 187 Å². The van der Waals surface area contributed by atoms with Gasteiger partial charge in [-0.1, -0.05) is 35.3 Å². The van der Waals surface area contributed by atoms with E-state index < -0.39 is 0 Å². The number of amides is 1. The molecule has 1 aromatic carbocycles. The molecule has 6 nitrogen and oxygen atoms in total. The first kappa shape index (κ1) is 23.8. The molecule has 2 aromatic rings.